The summed E-state index contributed by atoms with van der Waals surface area (Å²) < 4.78 is 20.9. The third-order valence-electron chi connectivity index (χ3n) is 5.45. The first-order valence-electron chi connectivity index (χ1n) is 10.1. The first-order valence-corrected chi connectivity index (χ1v) is 10.1. The van der Waals surface area contributed by atoms with Crippen LogP contribution in [0.3, 0.4) is 0 Å². The molecule has 3 heterocycles. The number of aryl methyl sites for hydroxylation is 2. The number of carbonyl (C=O) groups is 2. The molecule has 0 spiro atoms. The lowest BCUT2D eigenvalue weighted by Gasteiger charge is -2.20. The number of hydrogen-bond acceptors (Lipinski definition) is 6. The molecular formula is C22H24FN5O3. The van der Waals surface area contributed by atoms with E-state index in [2.05, 4.69) is 20.1 Å². The standard InChI is InChI=1S/C22H24FN5O3/c1-12-9-19(27-8-7-16(11-27)25-14(3)29)21-24-13(2)20(28(21)26-12)15-5-6-17(18(23)10-15)22(30)31-4/h5-6,9-10,16H,7-8,11H2,1-4H3,(H,25,29). The van der Waals surface area contributed by atoms with Crippen molar-refractivity contribution in [2.75, 3.05) is 25.1 Å². The number of amides is 1. The SMILES string of the molecule is COC(=O)c1ccc(-c2c(C)nc3c(N4CCC(NC(C)=O)C4)cc(C)nn23)cc1F. The van der Waals surface area contributed by atoms with Crippen LogP contribution >= 0.6 is 0 Å². The molecule has 3 aromatic rings. The summed E-state index contributed by atoms with van der Waals surface area (Å²) in [5, 5.41) is 7.59. The van der Waals surface area contributed by atoms with Crippen molar-refractivity contribution in [1.82, 2.24) is 19.9 Å². The highest BCUT2D eigenvalue weighted by atomic mass is 19.1. The molecule has 162 valence electrons. The summed E-state index contributed by atoms with van der Waals surface area (Å²) in [4.78, 5) is 30.0. The summed E-state index contributed by atoms with van der Waals surface area (Å²) in [6.45, 7) is 6.73. The molecule has 1 fully saturated rings. The molecule has 1 atom stereocenters. The van der Waals surface area contributed by atoms with Gasteiger partial charge in [-0.15, -0.1) is 0 Å². The first kappa shape index (κ1) is 20.8. The second kappa shape index (κ2) is 7.98. The minimum Gasteiger partial charge on any atom is -0.465 e. The van der Waals surface area contributed by atoms with E-state index in [4.69, 9.17) is 4.98 Å². The van der Waals surface area contributed by atoms with Crippen LogP contribution in [0, 0.1) is 19.7 Å². The molecule has 1 saturated heterocycles. The van der Waals surface area contributed by atoms with Crippen molar-refractivity contribution in [2.45, 2.75) is 33.2 Å². The summed E-state index contributed by atoms with van der Waals surface area (Å²) in [6, 6.07) is 6.43. The number of nitrogens with one attached hydrogen (secondary N) is 1. The van der Waals surface area contributed by atoms with Gasteiger partial charge in [-0.1, -0.05) is 6.07 Å². The van der Waals surface area contributed by atoms with E-state index in [0.717, 1.165) is 24.3 Å². The molecule has 1 aliphatic rings. The average Bonchev–Trinajstić information content (AvgIpc) is 3.29. The Kier molecular flexibility index (Phi) is 5.34. The number of rotatable bonds is 4. The zero-order chi connectivity index (χ0) is 22.3. The maximum absolute atomic E-state index is 14.6. The number of fused-ring (bicyclic) bond motifs is 1. The van der Waals surface area contributed by atoms with Gasteiger partial charge in [-0.25, -0.2) is 18.7 Å². The highest BCUT2D eigenvalue weighted by molar-refractivity contribution is 5.90. The maximum atomic E-state index is 14.6. The highest BCUT2D eigenvalue weighted by Gasteiger charge is 2.27. The van der Waals surface area contributed by atoms with Crippen LogP contribution < -0.4 is 10.2 Å². The molecule has 1 aliphatic heterocycles. The predicted molar refractivity (Wildman–Crippen MR) is 114 cm³/mol. The van der Waals surface area contributed by atoms with E-state index in [-0.39, 0.29) is 17.5 Å². The van der Waals surface area contributed by atoms with E-state index in [9.17, 15) is 14.0 Å². The van der Waals surface area contributed by atoms with Gasteiger partial charge in [0.2, 0.25) is 5.91 Å². The zero-order valence-corrected chi connectivity index (χ0v) is 17.9. The van der Waals surface area contributed by atoms with Crippen LogP contribution in [0.15, 0.2) is 24.3 Å². The van der Waals surface area contributed by atoms with Crippen LogP contribution in [0.1, 0.15) is 35.1 Å². The molecule has 1 N–H and O–H groups in total. The zero-order valence-electron chi connectivity index (χ0n) is 17.9. The Morgan fingerprint density at radius 1 is 1.26 bits per heavy atom. The number of halogens is 1. The van der Waals surface area contributed by atoms with E-state index >= 15 is 0 Å². The Morgan fingerprint density at radius 3 is 2.71 bits per heavy atom. The van der Waals surface area contributed by atoms with E-state index in [1.54, 1.807) is 10.6 Å². The van der Waals surface area contributed by atoms with Gasteiger partial charge in [-0.05, 0) is 38.5 Å². The Bertz CT molecular complexity index is 1190. The van der Waals surface area contributed by atoms with Crippen molar-refractivity contribution in [3.63, 3.8) is 0 Å². The lowest BCUT2D eigenvalue weighted by Crippen LogP contribution is -2.35. The molecule has 4 rings (SSSR count). The van der Waals surface area contributed by atoms with E-state index in [1.165, 1.54) is 26.2 Å². The minimum absolute atomic E-state index is 0.0423. The van der Waals surface area contributed by atoms with Gasteiger partial charge in [0.1, 0.15) is 5.82 Å². The van der Waals surface area contributed by atoms with E-state index in [0.29, 0.717) is 29.1 Å². The molecule has 0 aliphatic carbocycles. The highest BCUT2D eigenvalue weighted by Crippen LogP contribution is 2.32. The number of anilines is 1. The van der Waals surface area contributed by atoms with Gasteiger partial charge in [0.25, 0.3) is 0 Å². The summed E-state index contributed by atoms with van der Waals surface area (Å²) >= 11 is 0. The molecule has 0 saturated carbocycles. The summed E-state index contributed by atoms with van der Waals surface area (Å²) in [7, 11) is 1.22. The number of imidazole rings is 1. The van der Waals surface area contributed by atoms with Gasteiger partial charge in [0, 0.05) is 31.6 Å². The average molecular weight is 425 g/mol. The van der Waals surface area contributed by atoms with Crippen molar-refractivity contribution < 1.29 is 18.7 Å². The van der Waals surface area contributed by atoms with Gasteiger partial charge in [-0.2, -0.15) is 5.10 Å². The predicted octanol–water partition coefficient (Wildman–Crippen LogP) is 2.65. The number of aromatic nitrogens is 3. The Hall–Kier alpha value is -3.49. The van der Waals surface area contributed by atoms with Crippen LogP contribution in [-0.2, 0) is 9.53 Å². The molecule has 31 heavy (non-hydrogen) atoms. The Labute approximate surface area is 179 Å². The van der Waals surface area contributed by atoms with Crippen LogP contribution in [0.25, 0.3) is 16.9 Å². The fourth-order valence-electron chi connectivity index (χ4n) is 4.12. The summed E-state index contributed by atoms with van der Waals surface area (Å²) in [5.74, 6) is -1.43. The monoisotopic (exact) mass is 425 g/mol. The van der Waals surface area contributed by atoms with Gasteiger partial charge in [0.15, 0.2) is 5.65 Å². The third kappa shape index (κ3) is 3.83. The minimum atomic E-state index is -0.724. The van der Waals surface area contributed by atoms with Crippen LogP contribution in [-0.4, -0.2) is 52.7 Å². The van der Waals surface area contributed by atoms with Crippen molar-refractivity contribution in [2.24, 2.45) is 0 Å². The quantitative estimate of drug-likeness (QED) is 0.647. The molecule has 8 nitrogen and oxygen atoms in total. The first-order chi connectivity index (χ1) is 14.8. The maximum Gasteiger partial charge on any atom is 0.340 e. The second-order valence-electron chi connectivity index (χ2n) is 7.77. The molecule has 2 aromatic heterocycles. The molecule has 1 amide bonds. The number of benzene rings is 1. The lowest BCUT2D eigenvalue weighted by atomic mass is 10.1. The fourth-order valence-corrected chi connectivity index (χ4v) is 4.12. The molecule has 0 bridgehead atoms. The van der Waals surface area contributed by atoms with Gasteiger partial charge in [-0.3, -0.25) is 4.79 Å². The van der Waals surface area contributed by atoms with Crippen LogP contribution in [0.4, 0.5) is 10.1 Å². The van der Waals surface area contributed by atoms with Gasteiger partial charge < -0.3 is 15.0 Å². The summed E-state index contributed by atoms with van der Waals surface area (Å²) in [5.41, 5.74) is 4.17. The van der Waals surface area contributed by atoms with Crippen molar-refractivity contribution in [1.29, 1.82) is 0 Å². The molecule has 0 radical (unpaired) electrons. The van der Waals surface area contributed by atoms with E-state index < -0.39 is 11.8 Å². The number of nitrogens with zero attached hydrogens (tertiary/aromatic N) is 4. The lowest BCUT2D eigenvalue weighted by molar-refractivity contribution is -0.119. The number of carbonyl (C=O) groups excluding carboxylic acids is 2. The summed E-state index contributed by atoms with van der Waals surface area (Å²) in [6.07, 6.45) is 0.847. The largest absolute Gasteiger partial charge is 0.465 e. The van der Waals surface area contributed by atoms with E-state index in [1.807, 2.05) is 19.9 Å². The Morgan fingerprint density at radius 2 is 2.03 bits per heavy atom. The number of methoxy groups -OCH3 is 1. The Balaban J connectivity index is 1.78. The topological polar surface area (TPSA) is 88.8 Å². The van der Waals surface area contributed by atoms with Crippen molar-refractivity contribution in [3.8, 4) is 11.3 Å². The van der Waals surface area contributed by atoms with Crippen LogP contribution in [0.2, 0.25) is 0 Å². The number of esters is 1. The van der Waals surface area contributed by atoms with Crippen molar-refractivity contribution >= 4 is 23.2 Å². The fraction of sp³-hybridized carbons (Fsp3) is 0.364. The van der Waals surface area contributed by atoms with Crippen molar-refractivity contribution in [3.05, 3.63) is 47.0 Å². The normalized spacial score (nSPS) is 16.0. The van der Waals surface area contributed by atoms with Gasteiger partial charge >= 0.3 is 5.97 Å². The third-order valence-corrected chi connectivity index (χ3v) is 5.45. The smallest absolute Gasteiger partial charge is 0.340 e. The number of ether oxygens (including phenoxy) is 1. The molecule has 1 aromatic carbocycles. The molecular weight excluding hydrogens is 401 g/mol. The van der Waals surface area contributed by atoms with Gasteiger partial charge in [0.05, 0.1) is 35.4 Å². The second-order valence-corrected chi connectivity index (χ2v) is 7.77. The molecule has 1 unspecified atom stereocenters. The molecule has 9 heteroatoms. The van der Waals surface area contributed by atoms with Crippen LogP contribution in [0.5, 0.6) is 0 Å². The number of hydrogen-bond donors (Lipinski definition) is 1.